The smallest absolute Gasteiger partial charge is 0.226 e. The number of hydrogen-bond donors (Lipinski definition) is 1. The predicted octanol–water partition coefficient (Wildman–Crippen LogP) is 4.97. The maximum atomic E-state index is 14.0. The number of aryl methyl sites for hydroxylation is 1. The first kappa shape index (κ1) is 24.6. The van der Waals surface area contributed by atoms with Crippen LogP contribution in [0.25, 0.3) is 0 Å². The molecule has 182 valence electrons. The van der Waals surface area contributed by atoms with Gasteiger partial charge in [-0.05, 0) is 54.9 Å². The van der Waals surface area contributed by atoms with Gasteiger partial charge in [-0.15, -0.1) is 0 Å². The fourth-order valence-electron chi connectivity index (χ4n) is 4.91. The molecule has 3 aromatic carbocycles. The SMILES string of the molecule is O=C(CCc1ccccc1)N1CCC(Cc2ccccc2)(C(=O)NCCc2ccccc2F)CC1. The lowest BCUT2D eigenvalue weighted by molar-refractivity contribution is -0.140. The lowest BCUT2D eigenvalue weighted by Gasteiger charge is -2.41. The topological polar surface area (TPSA) is 49.4 Å². The van der Waals surface area contributed by atoms with Gasteiger partial charge in [0.25, 0.3) is 0 Å². The van der Waals surface area contributed by atoms with Crippen LogP contribution in [-0.2, 0) is 28.9 Å². The summed E-state index contributed by atoms with van der Waals surface area (Å²) in [6, 6.07) is 26.7. The number of piperidine rings is 1. The number of hydrogen-bond acceptors (Lipinski definition) is 2. The van der Waals surface area contributed by atoms with Gasteiger partial charge in [0.2, 0.25) is 11.8 Å². The molecular weight excluding hydrogens is 439 g/mol. The molecule has 4 nitrogen and oxygen atoms in total. The van der Waals surface area contributed by atoms with Crippen LogP contribution in [0, 0.1) is 11.2 Å². The van der Waals surface area contributed by atoms with Gasteiger partial charge >= 0.3 is 0 Å². The Bertz CT molecular complexity index is 1110. The van der Waals surface area contributed by atoms with E-state index in [4.69, 9.17) is 0 Å². The van der Waals surface area contributed by atoms with Crippen molar-refractivity contribution >= 4 is 11.8 Å². The summed E-state index contributed by atoms with van der Waals surface area (Å²) in [5.41, 5.74) is 2.29. The van der Waals surface area contributed by atoms with Gasteiger partial charge in [0, 0.05) is 26.1 Å². The predicted molar refractivity (Wildman–Crippen MR) is 136 cm³/mol. The molecule has 2 amide bonds. The van der Waals surface area contributed by atoms with Crippen molar-refractivity contribution in [2.75, 3.05) is 19.6 Å². The Morgan fingerprint density at radius 1 is 0.800 bits per heavy atom. The van der Waals surface area contributed by atoms with E-state index in [2.05, 4.69) is 5.32 Å². The molecule has 1 aliphatic rings. The molecule has 35 heavy (non-hydrogen) atoms. The van der Waals surface area contributed by atoms with Gasteiger partial charge in [0.05, 0.1) is 5.41 Å². The second-order valence-corrected chi connectivity index (χ2v) is 9.41. The summed E-state index contributed by atoms with van der Waals surface area (Å²) in [7, 11) is 0. The highest BCUT2D eigenvalue weighted by molar-refractivity contribution is 5.84. The molecule has 0 unspecified atom stereocenters. The van der Waals surface area contributed by atoms with Crippen molar-refractivity contribution < 1.29 is 14.0 Å². The van der Waals surface area contributed by atoms with Crippen LogP contribution >= 0.6 is 0 Å². The molecule has 1 saturated heterocycles. The van der Waals surface area contributed by atoms with Gasteiger partial charge in [0.1, 0.15) is 5.82 Å². The number of likely N-dealkylation sites (tertiary alicyclic amines) is 1. The lowest BCUT2D eigenvalue weighted by Crippen LogP contribution is -2.51. The van der Waals surface area contributed by atoms with E-state index in [1.54, 1.807) is 12.1 Å². The molecule has 5 heteroatoms. The normalized spacial score (nSPS) is 14.9. The Morgan fingerprint density at radius 2 is 1.40 bits per heavy atom. The minimum absolute atomic E-state index is 0.00548. The fourth-order valence-corrected chi connectivity index (χ4v) is 4.91. The summed E-state index contributed by atoms with van der Waals surface area (Å²) in [6.07, 6.45) is 3.51. The third-order valence-corrected chi connectivity index (χ3v) is 7.05. The summed E-state index contributed by atoms with van der Waals surface area (Å²) in [5.74, 6) is -0.112. The average molecular weight is 473 g/mol. The number of nitrogens with one attached hydrogen (secondary N) is 1. The maximum absolute atomic E-state index is 14.0. The molecule has 3 aromatic rings. The van der Waals surface area contributed by atoms with Crippen LogP contribution in [0.4, 0.5) is 4.39 Å². The Hall–Kier alpha value is -3.47. The Morgan fingerprint density at radius 3 is 2.06 bits per heavy atom. The highest BCUT2D eigenvalue weighted by Gasteiger charge is 2.42. The van der Waals surface area contributed by atoms with E-state index in [-0.39, 0.29) is 17.6 Å². The van der Waals surface area contributed by atoms with Crippen LogP contribution in [-0.4, -0.2) is 36.3 Å². The highest BCUT2D eigenvalue weighted by Crippen LogP contribution is 2.36. The molecule has 0 radical (unpaired) electrons. The van der Waals surface area contributed by atoms with E-state index in [0.717, 1.165) is 17.5 Å². The first-order valence-corrected chi connectivity index (χ1v) is 12.4. The minimum Gasteiger partial charge on any atom is -0.355 e. The standard InChI is InChI=1S/C30H33FN2O2/c31-27-14-8-7-13-26(27)17-20-32-29(35)30(23-25-11-5-2-6-12-25)18-21-33(22-19-30)28(34)16-15-24-9-3-1-4-10-24/h1-14H,15-23H2,(H,32,35). The van der Waals surface area contributed by atoms with Gasteiger partial charge in [0.15, 0.2) is 0 Å². The molecule has 4 rings (SSSR count). The first-order valence-electron chi connectivity index (χ1n) is 12.4. The van der Waals surface area contributed by atoms with E-state index in [1.807, 2.05) is 71.6 Å². The van der Waals surface area contributed by atoms with Gasteiger partial charge < -0.3 is 10.2 Å². The molecule has 1 aliphatic heterocycles. The summed E-state index contributed by atoms with van der Waals surface area (Å²) in [5, 5.41) is 3.07. The number of rotatable bonds is 9. The van der Waals surface area contributed by atoms with Crippen molar-refractivity contribution in [3.8, 4) is 0 Å². The Labute approximate surface area is 207 Å². The van der Waals surface area contributed by atoms with Crippen LogP contribution in [0.3, 0.4) is 0 Å². The van der Waals surface area contributed by atoms with Crippen molar-refractivity contribution in [3.05, 3.63) is 107 Å². The third kappa shape index (κ3) is 6.56. The molecular formula is C30H33FN2O2. The van der Waals surface area contributed by atoms with Crippen LogP contribution in [0.1, 0.15) is 36.0 Å². The molecule has 0 spiro atoms. The van der Waals surface area contributed by atoms with Crippen molar-refractivity contribution in [2.24, 2.45) is 5.41 Å². The number of carbonyl (C=O) groups is 2. The third-order valence-electron chi connectivity index (χ3n) is 7.05. The fraction of sp³-hybridized carbons (Fsp3) is 0.333. The Balaban J connectivity index is 1.38. The van der Waals surface area contributed by atoms with Crippen molar-refractivity contribution in [1.29, 1.82) is 0 Å². The second kappa shape index (κ2) is 11.8. The summed E-state index contributed by atoms with van der Waals surface area (Å²) in [4.78, 5) is 28.2. The molecule has 0 atom stereocenters. The quantitative estimate of drug-likeness (QED) is 0.478. The summed E-state index contributed by atoms with van der Waals surface area (Å²) in [6.45, 7) is 1.53. The average Bonchev–Trinajstić information content (AvgIpc) is 2.90. The zero-order chi connectivity index (χ0) is 24.5. The monoisotopic (exact) mass is 472 g/mol. The van der Waals surface area contributed by atoms with E-state index in [9.17, 15) is 14.0 Å². The van der Waals surface area contributed by atoms with Gasteiger partial charge in [-0.3, -0.25) is 9.59 Å². The second-order valence-electron chi connectivity index (χ2n) is 9.41. The van der Waals surface area contributed by atoms with E-state index < -0.39 is 5.41 Å². The summed E-state index contributed by atoms with van der Waals surface area (Å²) < 4.78 is 14.0. The Kier molecular flexibility index (Phi) is 8.30. The van der Waals surface area contributed by atoms with Crippen LogP contribution in [0.5, 0.6) is 0 Å². The first-order chi connectivity index (χ1) is 17.1. The molecule has 1 heterocycles. The molecule has 1 fully saturated rings. The van der Waals surface area contributed by atoms with Crippen molar-refractivity contribution in [2.45, 2.75) is 38.5 Å². The van der Waals surface area contributed by atoms with E-state index >= 15 is 0 Å². The molecule has 0 saturated carbocycles. The van der Waals surface area contributed by atoms with Crippen LogP contribution in [0.15, 0.2) is 84.9 Å². The molecule has 0 aromatic heterocycles. The van der Waals surface area contributed by atoms with Crippen LogP contribution < -0.4 is 5.32 Å². The van der Waals surface area contributed by atoms with E-state index in [1.165, 1.54) is 6.07 Å². The summed E-state index contributed by atoms with van der Waals surface area (Å²) >= 11 is 0. The lowest BCUT2D eigenvalue weighted by atomic mass is 9.72. The number of nitrogens with zero attached hydrogens (tertiary/aromatic N) is 1. The number of carbonyl (C=O) groups excluding carboxylic acids is 2. The maximum Gasteiger partial charge on any atom is 0.226 e. The highest BCUT2D eigenvalue weighted by atomic mass is 19.1. The van der Waals surface area contributed by atoms with E-state index in [0.29, 0.717) is 57.3 Å². The number of halogens is 1. The molecule has 1 N–H and O–H groups in total. The number of benzene rings is 3. The zero-order valence-corrected chi connectivity index (χ0v) is 20.1. The van der Waals surface area contributed by atoms with Crippen LogP contribution in [0.2, 0.25) is 0 Å². The van der Waals surface area contributed by atoms with Gasteiger partial charge in [-0.2, -0.15) is 0 Å². The van der Waals surface area contributed by atoms with Gasteiger partial charge in [-0.1, -0.05) is 78.9 Å². The largest absolute Gasteiger partial charge is 0.355 e. The molecule has 0 bridgehead atoms. The van der Waals surface area contributed by atoms with Gasteiger partial charge in [-0.25, -0.2) is 4.39 Å². The van der Waals surface area contributed by atoms with Crippen molar-refractivity contribution in [3.63, 3.8) is 0 Å². The minimum atomic E-state index is -0.577. The zero-order valence-electron chi connectivity index (χ0n) is 20.1. The molecule has 0 aliphatic carbocycles. The number of amides is 2. The van der Waals surface area contributed by atoms with Crippen molar-refractivity contribution in [1.82, 2.24) is 10.2 Å².